The summed E-state index contributed by atoms with van der Waals surface area (Å²) in [6.07, 6.45) is 1.51. The van der Waals surface area contributed by atoms with E-state index in [1.54, 1.807) is 0 Å². The average molecular weight is 307 g/mol. The Morgan fingerprint density at radius 1 is 1.47 bits per heavy atom. The summed E-state index contributed by atoms with van der Waals surface area (Å²) in [7, 11) is -3.35. The molecule has 0 amide bonds. The molecule has 0 aromatic heterocycles. The normalized spacial score (nSPS) is 20.4. The summed E-state index contributed by atoms with van der Waals surface area (Å²) < 4.78 is 39.6. The Labute approximate surface area is 117 Å². The predicted molar refractivity (Wildman–Crippen MR) is 73.1 cm³/mol. The molecular weight excluding hydrogens is 291 g/mol. The van der Waals surface area contributed by atoms with Crippen LogP contribution in [0.15, 0.2) is 18.2 Å². The standard InChI is InChI=1S/C12H16ClFN2O2S/c13-11-6-9(3-4-12(11)14)7-16-19(17,18)10-2-1-5-15-8-10/h3-4,6,10,15-16H,1-2,5,7-8H2. The van der Waals surface area contributed by atoms with Crippen molar-refractivity contribution in [3.63, 3.8) is 0 Å². The summed E-state index contributed by atoms with van der Waals surface area (Å²) in [6, 6.07) is 4.18. The first-order chi connectivity index (χ1) is 8.99. The smallest absolute Gasteiger partial charge is 0.216 e. The number of hydrogen-bond acceptors (Lipinski definition) is 3. The Morgan fingerprint density at radius 3 is 2.89 bits per heavy atom. The molecule has 2 N–H and O–H groups in total. The summed E-state index contributed by atoms with van der Waals surface area (Å²) in [5.74, 6) is -0.509. The number of rotatable bonds is 4. The fraction of sp³-hybridized carbons (Fsp3) is 0.500. The van der Waals surface area contributed by atoms with Crippen LogP contribution in [0, 0.1) is 5.82 Å². The van der Waals surface area contributed by atoms with Crippen LogP contribution in [-0.2, 0) is 16.6 Å². The van der Waals surface area contributed by atoms with Crippen LogP contribution in [0.1, 0.15) is 18.4 Å². The maximum atomic E-state index is 13.0. The quantitative estimate of drug-likeness (QED) is 0.889. The van der Waals surface area contributed by atoms with E-state index in [0.29, 0.717) is 18.5 Å². The maximum Gasteiger partial charge on any atom is 0.216 e. The van der Waals surface area contributed by atoms with Crippen molar-refractivity contribution >= 4 is 21.6 Å². The van der Waals surface area contributed by atoms with Crippen molar-refractivity contribution in [3.05, 3.63) is 34.6 Å². The van der Waals surface area contributed by atoms with Crippen molar-refractivity contribution in [1.82, 2.24) is 10.0 Å². The summed E-state index contributed by atoms with van der Waals surface area (Å²) in [5, 5.41) is 2.66. The van der Waals surface area contributed by atoms with E-state index in [1.807, 2.05) is 0 Å². The second-order valence-electron chi connectivity index (χ2n) is 4.58. The fourth-order valence-corrected chi connectivity index (χ4v) is 3.66. The number of hydrogen-bond donors (Lipinski definition) is 2. The molecule has 1 fully saturated rings. The molecule has 1 aliphatic rings. The van der Waals surface area contributed by atoms with Gasteiger partial charge in [-0.25, -0.2) is 17.5 Å². The molecule has 0 spiro atoms. The van der Waals surface area contributed by atoms with E-state index < -0.39 is 21.1 Å². The number of sulfonamides is 1. The van der Waals surface area contributed by atoms with Gasteiger partial charge in [-0.2, -0.15) is 0 Å². The van der Waals surface area contributed by atoms with Gasteiger partial charge in [0.1, 0.15) is 5.82 Å². The van der Waals surface area contributed by atoms with Crippen LogP contribution in [0.5, 0.6) is 0 Å². The lowest BCUT2D eigenvalue weighted by Crippen LogP contribution is -2.44. The zero-order valence-corrected chi connectivity index (χ0v) is 11.9. The van der Waals surface area contributed by atoms with Gasteiger partial charge in [-0.05, 0) is 37.1 Å². The summed E-state index contributed by atoms with van der Waals surface area (Å²) >= 11 is 5.65. The number of halogens is 2. The molecule has 1 aliphatic heterocycles. The second kappa shape index (κ2) is 6.17. The maximum absolute atomic E-state index is 13.0. The average Bonchev–Trinajstić information content (AvgIpc) is 2.41. The molecule has 4 nitrogen and oxygen atoms in total. The van der Waals surface area contributed by atoms with Crippen LogP contribution in [0.3, 0.4) is 0 Å². The summed E-state index contributed by atoms with van der Waals surface area (Å²) in [4.78, 5) is 0. The van der Waals surface area contributed by atoms with Gasteiger partial charge in [0, 0.05) is 13.1 Å². The first kappa shape index (κ1) is 14.7. The number of benzene rings is 1. The van der Waals surface area contributed by atoms with E-state index >= 15 is 0 Å². The van der Waals surface area contributed by atoms with E-state index in [-0.39, 0.29) is 11.6 Å². The molecule has 2 rings (SSSR count). The monoisotopic (exact) mass is 306 g/mol. The predicted octanol–water partition coefficient (Wildman–Crippen LogP) is 1.65. The minimum absolute atomic E-state index is 0.00367. The molecule has 0 aliphatic carbocycles. The Bertz CT molecular complexity index is 545. The fourth-order valence-electron chi connectivity index (χ4n) is 2.04. The third-order valence-corrected chi connectivity index (χ3v) is 5.27. The van der Waals surface area contributed by atoms with E-state index in [2.05, 4.69) is 10.0 Å². The van der Waals surface area contributed by atoms with Gasteiger partial charge >= 0.3 is 0 Å². The second-order valence-corrected chi connectivity index (χ2v) is 7.04. The van der Waals surface area contributed by atoms with Gasteiger partial charge in [-0.3, -0.25) is 0 Å². The Morgan fingerprint density at radius 2 is 2.26 bits per heavy atom. The third-order valence-electron chi connectivity index (χ3n) is 3.15. The van der Waals surface area contributed by atoms with Crippen LogP contribution in [0.2, 0.25) is 5.02 Å². The van der Waals surface area contributed by atoms with E-state index in [9.17, 15) is 12.8 Å². The van der Waals surface area contributed by atoms with Crippen LogP contribution < -0.4 is 10.0 Å². The highest BCUT2D eigenvalue weighted by atomic mass is 35.5. The zero-order chi connectivity index (χ0) is 13.9. The highest BCUT2D eigenvalue weighted by Crippen LogP contribution is 2.17. The molecule has 1 saturated heterocycles. The molecule has 7 heteroatoms. The first-order valence-electron chi connectivity index (χ1n) is 6.12. The van der Waals surface area contributed by atoms with Gasteiger partial charge in [-0.15, -0.1) is 0 Å². The van der Waals surface area contributed by atoms with Gasteiger partial charge < -0.3 is 5.32 Å². The molecule has 106 valence electrons. The first-order valence-corrected chi connectivity index (χ1v) is 8.04. The molecule has 1 heterocycles. The van der Waals surface area contributed by atoms with Crippen LogP contribution in [0.4, 0.5) is 4.39 Å². The summed E-state index contributed by atoms with van der Waals surface area (Å²) in [5.41, 5.74) is 0.638. The molecule has 0 saturated carbocycles. The third kappa shape index (κ3) is 3.89. The minimum Gasteiger partial charge on any atom is -0.315 e. The van der Waals surface area contributed by atoms with Crippen LogP contribution in [-0.4, -0.2) is 26.8 Å². The zero-order valence-electron chi connectivity index (χ0n) is 10.3. The molecule has 1 aromatic rings. The van der Waals surface area contributed by atoms with Crippen molar-refractivity contribution in [3.8, 4) is 0 Å². The highest BCUT2D eigenvalue weighted by Gasteiger charge is 2.26. The van der Waals surface area contributed by atoms with Gasteiger partial charge in [0.25, 0.3) is 0 Å². The molecular formula is C12H16ClFN2O2S. The molecule has 1 atom stereocenters. The molecule has 0 bridgehead atoms. The van der Waals surface area contributed by atoms with E-state index in [1.165, 1.54) is 18.2 Å². The Hall–Kier alpha value is -0.690. The Balaban J connectivity index is 1.98. The van der Waals surface area contributed by atoms with Crippen molar-refractivity contribution < 1.29 is 12.8 Å². The molecule has 0 radical (unpaired) electrons. The summed E-state index contributed by atoms with van der Waals surface area (Å²) in [6.45, 7) is 1.46. The topological polar surface area (TPSA) is 58.2 Å². The lowest BCUT2D eigenvalue weighted by atomic mass is 10.2. The molecule has 19 heavy (non-hydrogen) atoms. The minimum atomic E-state index is -3.35. The highest BCUT2D eigenvalue weighted by molar-refractivity contribution is 7.90. The van der Waals surface area contributed by atoms with E-state index in [4.69, 9.17) is 11.6 Å². The molecule has 1 unspecified atom stereocenters. The van der Waals surface area contributed by atoms with Crippen molar-refractivity contribution in [2.24, 2.45) is 0 Å². The number of piperidine rings is 1. The lowest BCUT2D eigenvalue weighted by Gasteiger charge is -2.23. The van der Waals surface area contributed by atoms with Crippen LogP contribution in [0.25, 0.3) is 0 Å². The molecule has 1 aromatic carbocycles. The van der Waals surface area contributed by atoms with Crippen molar-refractivity contribution in [1.29, 1.82) is 0 Å². The van der Waals surface area contributed by atoms with Crippen molar-refractivity contribution in [2.45, 2.75) is 24.6 Å². The Kier molecular flexibility index (Phi) is 4.78. The van der Waals surface area contributed by atoms with Gasteiger partial charge in [0.2, 0.25) is 10.0 Å². The van der Waals surface area contributed by atoms with Crippen LogP contribution >= 0.6 is 11.6 Å². The number of nitrogens with one attached hydrogen (secondary N) is 2. The SMILES string of the molecule is O=S(=O)(NCc1ccc(F)c(Cl)c1)C1CCCNC1. The van der Waals surface area contributed by atoms with Crippen molar-refractivity contribution in [2.75, 3.05) is 13.1 Å². The lowest BCUT2D eigenvalue weighted by molar-refractivity contribution is 0.490. The largest absolute Gasteiger partial charge is 0.315 e. The van der Waals surface area contributed by atoms with Gasteiger partial charge in [0.05, 0.1) is 10.3 Å². The van der Waals surface area contributed by atoms with Gasteiger partial charge in [0.15, 0.2) is 0 Å². The van der Waals surface area contributed by atoms with E-state index in [0.717, 1.165) is 13.0 Å². The van der Waals surface area contributed by atoms with Gasteiger partial charge in [-0.1, -0.05) is 17.7 Å².